The van der Waals surface area contributed by atoms with Gasteiger partial charge in [-0.15, -0.1) is 0 Å². The highest BCUT2D eigenvalue weighted by Crippen LogP contribution is 2.24. The molecule has 0 spiro atoms. The largest absolute Gasteiger partial charge is 0.486 e. The molecule has 0 saturated carbocycles. The average molecular weight is 329 g/mol. The van der Waals surface area contributed by atoms with Crippen LogP contribution in [0.25, 0.3) is 0 Å². The van der Waals surface area contributed by atoms with Crippen molar-refractivity contribution in [1.82, 2.24) is 14.5 Å². The van der Waals surface area contributed by atoms with Gasteiger partial charge in [0, 0.05) is 32.0 Å². The topological polar surface area (TPSA) is 50.5 Å². The van der Waals surface area contributed by atoms with Gasteiger partial charge in [0.25, 0.3) is 0 Å². The van der Waals surface area contributed by atoms with Gasteiger partial charge in [0.2, 0.25) is 0 Å². The maximum atomic E-state index is 9.64. The van der Waals surface area contributed by atoms with Gasteiger partial charge >= 0.3 is 0 Å². The zero-order chi connectivity index (χ0) is 16.9. The fraction of sp³-hybridized carbons (Fsp3) is 0.526. The average Bonchev–Trinajstić information content (AvgIpc) is 3.15. The summed E-state index contributed by atoms with van der Waals surface area (Å²) in [5.74, 6) is 1.78. The maximum absolute atomic E-state index is 9.64. The molecule has 0 aliphatic carbocycles. The highest BCUT2D eigenvalue weighted by atomic mass is 16.5. The number of aromatic nitrogens is 2. The zero-order valence-corrected chi connectivity index (χ0v) is 14.6. The Bertz CT molecular complexity index is 636. The first-order valence-corrected chi connectivity index (χ1v) is 8.72. The molecule has 2 aromatic rings. The molecule has 0 bridgehead atoms. The van der Waals surface area contributed by atoms with Crippen molar-refractivity contribution in [1.29, 1.82) is 0 Å². The van der Waals surface area contributed by atoms with Crippen LogP contribution in [-0.2, 0) is 20.2 Å². The van der Waals surface area contributed by atoms with E-state index in [1.165, 1.54) is 18.4 Å². The van der Waals surface area contributed by atoms with E-state index in [1.807, 2.05) is 36.9 Å². The molecule has 1 aliphatic heterocycles. The molecule has 1 fully saturated rings. The van der Waals surface area contributed by atoms with Gasteiger partial charge in [-0.1, -0.05) is 12.1 Å². The van der Waals surface area contributed by atoms with Crippen LogP contribution in [0.5, 0.6) is 5.75 Å². The van der Waals surface area contributed by atoms with Crippen molar-refractivity contribution >= 4 is 0 Å². The number of imidazole rings is 1. The van der Waals surface area contributed by atoms with E-state index in [-0.39, 0.29) is 6.10 Å². The van der Waals surface area contributed by atoms with Gasteiger partial charge in [0.15, 0.2) is 0 Å². The first-order chi connectivity index (χ1) is 11.6. The van der Waals surface area contributed by atoms with Crippen LogP contribution in [0.2, 0.25) is 0 Å². The molecule has 1 N–H and O–H groups in total. The Morgan fingerprint density at radius 2 is 2.12 bits per heavy atom. The Hall–Kier alpha value is -1.85. The molecule has 24 heavy (non-hydrogen) atoms. The first-order valence-electron chi connectivity index (χ1n) is 8.72. The molecule has 1 saturated heterocycles. The first kappa shape index (κ1) is 17.0. The molecular weight excluding hydrogens is 302 g/mol. The summed E-state index contributed by atoms with van der Waals surface area (Å²) in [6, 6.07) is 8.82. The molecule has 1 aromatic carbocycles. The second kappa shape index (κ2) is 7.81. The Morgan fingerprint density at radius 3 is 2.79 bits per heavy atom. The third-order valence-electron chi connectivity index (χ3n) is 4.71. The number of aliphatic hydroxyl groups is 1. The standard InChI is InChI=1S/C19H27N3O2/c1-15(23)12-17-4-3-10-22(17)13-16-5-7-18(8-6-16)24-14-19-20-9-11-21(19)2/h5-9,11,15,17,23H,3-4,10,12-14H2,1-2H3. The van der Waals surface area contributed by atoms with Crippen molar-refractivity contribution in [2.75, 3.05) is 6.54 Å². The lowest BCUT2D eigenvalue weighted by molar-refractivity contribution is 0.131. The van der Waals surface area contributed by atoms with Gasteiger partial charge in [-0.05, 0) is 50.4 Å². The Balaban J connectivity index is 1.53. The van der Waals surface area contributed by atoms with Crippen molar-refractivity contribution < 1.29 is 9.84 Å². The summed E-state index contributed by atoms with van der Waals surface area (Å²) in [5, 5.41) is 9.64. The van der Waals surface area contributed by atoms with Crippen molar-refractivity contribution in [3.8, 4) is 5.75 Å². The van der Waals surface area contributed by atoms with Crippen LogP contribution in [0.15, 0.2) is 36.7 Å². The monoisotopic (exact) mass is 329 g/mol. The summed E-state index contributed by atoms with van der Waals surface area (Å²) < 4.78 is 7.76. The van der Waals surface area contributed by atoms with Crippen molar-refractivity contribution in [3.05, 3.63) is 48.0 Å². The normalized spacial score (nSPS) is 19.5. The smallest absolute Gasteiger partial charge is 0.146 e. The maximum Gasteiger partial charge on any atom is 0.146 e. The van der Waals surface area contributed by atoms with E-state index >= 15 is 0 Å². The molecule has 1 aromatic heterocycles. The molecule has 2 atom stereocenters. The lowest BCUT2D eigenvalue weighted by Crippen LogP contribution is -2.31. The van der Waals surface area contributed by atoms with Gasteiger partial charge in [0.05, 0.1) is 6.10 Å². The number of ether oxygens (including phenoxy) is 1. The number of aryl methyl sites for hydroxylation is 1. The fourth-order valence-corrected chi connectivity index (χ4v) is 3.37. The molecule has 130 valence electrons. The molecule has 2 unspecified atom stereocenters. The summed E-state index contributed by atoms with van der Waals surface area (Å²) in [4.78, 5) is 6.74. The van der Waals surface area contributed by atoms with Gasteiger partial charge in [-0.3, -0.25) is 4.90 Å². The number of benzene rings is 1. The second-order valence-corrected chi connectivity index (χ2v) is 6.74. The third kappa shape index (κ3) is 4.36. The number of hydrogen-bond donors (Lipinski definition) is 1. The van der Waals surface area contributed by atoms with Gasteiger partial charge in [-0.25, -0.2) is 4.98 Å². The van der Waals surface area contributed by atoms with E-state index in [2.05, 4.69) is 22.0 Å². The van der Waals surface area contributed by atoms with E-state index in [4.69, 9.17) is 4.74 Å². The lowest BCUT2D eigenvalue weighted by atomic mass is 10.1. The summed E-state index contributed by atoms with van der Waals surface area (Å²) in [7, 11) is 1.97. The molecular formula is C19H27N3O2. The third-order valence-corrected chi connectivity index (χ3v) is 4.71. The number of hydrogen-bond acceptors (Lipinski definition) is 4. The Morgan fingerprint density at radius 1 is 1.33 bits per heavy atom. The number of rotatable bonds is 7. The van der Waals surface area contributed by atoms with E-state index < -0.39 is 0 Å². The minimum atomic E-state index is -0.225. The molecule has 5 heteroatoms. The van der Waals surface area contributed by atoms with E-state index in [1.54, 1.807) is 6.20 Å². The van der Waals surface area contributed by atoms with Crippen LogP contribution in [0.1, 0.15) is 37.6 Å². The molecule has 2 heterocycles. The summed E-state index contributed by atoms with van der Waals surface area (Å²) in [6.45, 7) is 4.42. The van der Waals surface area contributed by atoms with Gasteiger partial charge in [-0.2, -0.15) is 0 Å². The second-order valence-electron chi connectivity index (χ2n) is 6.74. The predicted octanol–water partition coefficient (Wildman–Crippen LogP) is 2.73. The van der Waals surface area contributed by atoms with Crippen molar-refractivity contribution in [2.24, 2.45) is 7.05 Å². The SMILES string of the molecule is CC(O)CC1CCCN1Cc1ccc(OCc2nccn2C)cc1. The molecule has 0 radical (unpaired) electrons. The summed E-state index contributed by atoms with van der Waals surface area (Å²) in [6.07, 6.45) is 6.75. The predicted molar refractivity (Wildman–Crippen MR) is 93.7 cm³/mol. The minimum Gasteiger partial charge on any atom is -0.486 e. The number of likely N-dealkylation sites (tertiary alicyclic amines) is 1. The molecule has 0 amide bonds. The summed E-state index contributed by atoms with van der Waals surface area (Å²) >= 11 is 0. The fourth-order valence-electron chi connectivity index (χ4n) is 3.37. The zero-order valence-electron chi connectivity index (χ0n) is 14.6. The Kier molecular flexibility index (Phi) is 5.53. The molecule has 1 aliphatic rings. The van der Waals surface area contributed by atoms with Gasteiger partial charge in [0.1, 0.15) is 18.2 Å². The highest BCUT2D eigenvalue weighted by Gasteiger charge is 2.25. The Labute approximate surface area is 143 Å². The van der Waals surface area contributed by atoms with Crippen molar-refractivity contribution in [3.63, 3.8) is 0 Å². The van der Waals surface area contributed by atoms with Crippen LogP contribution < -0.4 is 4.74 Å². The van der Waals surface area contributed by atoms with Crippen LogP contribution in [-0.4, -0.2) is 38.2 Å². The van der Waals surface area contributed by atoms with Crippen molar-refractivity contribution in [2.45, 2.75) is 51.5 Å². The van der Waals surface area contributed by atoms with E-state index in [0.717, 1.165) is 31.1 Å². The quantitative estimate of drug-likeness (QED) is 0.848. The summed E-state index contributed by atoms with van der Waals surface area (Å²) in [5.41, 5.74) is 1.29. The highest BCUT2D eigenvalue weighted by molar-refractivity contribution is 5.27. The molecule has 3 rings (SSSR count). The number of nitrogens with zero attached hydrogens (tertiary/aromatic N) is 3. The molecule has 5 nitrogen and oxygen atoms in total. The van der Waals surface area contributed by atoms with Crippen LogP contribution in [0.3, 0.4) is 0 Å². The van der Waals surface area contributed by atoms with Crippen LogP contribution >= 0.6 is 0 Å². The lowest BCUT2D eigenvalue weighted by Gasteiger charge is -2.25. The van der Waals surface area contributed by atoms with E-state index in [9.17, 15) is 5.11 Å². The number of aliphatic hydroxyl groups excluding tert-OH is 1. The minimum absolute atomic E-state index is 0.225. The van der Waals surface area contributed by atoms with Gasteiger partial charge < -0.3 is 14.4 Å². The van der Waals surface area contributed by atoms with Crippen LogP contribution in [0, 0.1) is 0 Å². The van der Waals surface area contributed by atoms with E-state index in [0.29, 0.717) is 12.6 Å². The van der Waals surface area contributed by atoms with Crippen LogP contribution in [0.4, 0.5) is 0 Å².